The van der Waals surface area contributed by atoms with E-state index < -0.39 is 0 Å². The summed E-state index contributed by atoms with van der Waals surface area (Å²) in [6, 6.07) is 7.67. The number of ether oxygens (including phenoxy) is 2. The molecule has 0 saturated heterocycles. The average molecular weight is 289 g/mol. The third kappa shape index (κ3) is 4.23. The van der Waals surface area contributed by atoms with Crippen LogP contribution in [0.4, 0.5) is 0 Å². The zero-order valence-electron chi connectivity index (χ0n) is 12.9. The van der Waals surface area contributed by atoms with Gasteiger partial charge in [0.15, 0.2) is 11.5 Å². The van der Waals surface area contributed by atoms with Gasteiger partial charge >= 0.3 is 0 Å². The molecule has 2 rings (SSSR count). The van der Waals surface area contributed by atoms with Crippen LogP contribution in [0.2, 0.25) is 0 Å². The van der Waals surface area contributed by atoms with Crippen molar-refractivity contribution in [2.75, 3.05) is 20.3 Å². The maximum atomic E-state index is 5.72. The van der Waals surface area contributed by atoms with Crippen molar-refractivity contribution in [2.24, 2.45) is 7.05 Å². The zero-order valence-corrected chi connectivity index (χ0v) is 12.9. The Balaban J connectivity index is 1.75. The molecule has 0 aliphatic heterocycles. The van der Waals surface area contributed by atoms with Gasteiger partial charge in [0.1, 0.15) is 6.61 Å². The molecule has 0 aliphatic rings. The van der Waals surface area contributed by atoms with E-state index in [0.29, 0.717) is 6.61 Å². The molecule has 0 saturated carbocycles. The Labute approximate surface area is 125 Å². The molecule has 1 aromatic heterocycles. The van der Waals surface area contributed by atoms with Gasteiger partial charge in [-0.25, -0.2) is 0 Å². The molecular formula is C16H23N3O2. The maximum absolute atomic E-state index is 5.72. The Morgan fingerprint density at radius 2 is 2.00 bits per heavy atom. The minimum absolute atomic E-state index is 0.599. The lowest BCUT2D eigenvalue weighted by Gasteiger charge is -2.10. The molecule has 2 aromatic rings. The van der Waals surface area contributed by atoms with Crippen molar-refractivity contribution >= 4 is 0 Å². The summed E-state index contributed by atoms with van der Waals surface area (Å²) in [7, 11) is 3.60. The lowest BCUT2D eigenvalue weighted by molar-refractivity contribution is 0.292. The first-order chi connectivity index (χ1) is 10.2. The molecule has 0 spiro atoms. The largest absolute Gasteiger partial charge is 0.493 e. The van der Waals surface area contributed by atoms with Crippen LogP contribution in [0.5, 0.6) is 11.5 Å². The number of hydrogen-bond acceptors (Lipinski definition) is 4. The first-order valence-electron chi connectivity index (χ1n) is 7.22. The van der Waals surface area contributed by atoms with E-state index in [-0.39, 0.29) is 0 Å². The van der Waals surface area contributed by atoms with Crippen LogP contribution in [-0.2, 0) is 20.0 Å². The highest BCUT2D eigenvalue weighted by Gasteiger charge is 2.05. The molecule has 0 radical (unpaired) electrons. The number of para-hydroxylation sites is 2. The van der Waals surface area contributed by atoms with E-state index in [9.17, 15) is 0 Å². The smallest absolute Gasteiger partial charge is 0.161 e. The van der Waals surface area contributed by atoms with Crippen molar-refractivity contribution in [3.8, 4) is 11.5 Å². The van der Waals surface area contributed by atoms with E-state index in [0.717, 1.165) is 36.7 Å². The van der Waals surface area contributed by atoms with Crippen molar-refractivity contribution < 1.29 is 9.47 Å². The van der Waals surface area contributed by atoms with E-state index in [1.54, 1.807) is 7.11 Å². The van der Waals surface area contributed by atoms with Crippen LogP contribution in [0.3, 0.4) is 0 Å². The monoisotopic (exact) mass is 289 g/mol. The van der Waals surface area contributed by atoms with Crippen LogP contribution in [-0.4, -0.2) is 30.0 Å². The predicted molar refractivity (Wildman–Crippen MR) is 82.8 cm³/mol. The van der Waals surface area contributed by atoms with Crippen LogP contribution in [0.25, 0.3) is 0 Å². The molecule has 0 aliphatic carbocycles. The van der Waals surface area contributed by atoms with Gasteiger partial charge in [-0.3, -0.25) is 4.68 Å². The minimum atomic E-state index is 0.599. The molecular weight excluding hydrogens is 266 g/mol. The molecule has 21 heavy (non-hydrogen) atoms. The highest BCUT2D eigenvalue weighted by Crippen LogP contribution is 2.25. The zero-order chi connectivity index (χ0) is 15.1. The first kappa shape index (κ1) is 15.4. The summed E-state index contributed by atoms with van der Waals surface area (Å²) in [5.74, 6) is 1.54. The predicted octanol–water partition coefficient (Wildman–Crippen LogP) is 2.16. The average Bonchev–Trinajstić information content (AvgIpc) is 2.87. The molecule has 5 nitrogen and oxygen atoms in total. The summed E-state index contributed by atoms with van der Waals surface area (Å²) in [5, 5.41) is 7.81. The molecule has 0 fully saturated rings. The summed E-state index contributed by atoms with van der Waals surface area (Å²) >= 11 is 0. The Morgan fingerprint density at radius 3 is 2.71 bits per heavy atom. The Bertz CT molecular complexity index is 566. The fourth-order valence-electron chi connectivity index (χ4n) is 2.22. The summed E-state index contributed by atoms with van der Waals surface area (Å²) in [5.41, 5.74) is 2.40. The van der Waals surface area contributed by atoms with Crippen molar-refractivity contribution in [1.29, 1.82) is 0 Å². The van der Waals surface area contributed by atoms with E-state index in [2.05, 4.69) is 23.5 Å². The summed E-state index contributed by atoms with van der Waals surface area (Å²) in [4.78, 5) is 0. The number of rotatable bonds is 8. The van der Waals surface area contributed by atoms with Gasteiger partial charge in [-0.1, -0.05) is 19.1 Å². The quantitative estimate of drug-likeness (QED) is 0.757. The van der Waals surface area contributed by atoms with E-state index in [1.807, 2.05) is 36.0 Å². The van der Waals surface area contributed by atoms with Crippen molar-refractivity contribution in [3.63, 3.8) is 0 Å². The summed E-state index contributed by atoms with van der Waals surface area (Å²) in [6.45, 7) is 4.31. The SMILES string of the molecule is CCc1nn(C)cc1CNCCOc1ccccc1OC. The summed E-state index contributed by atoms with van der Waals surface area (Å²) < 4.78 is 12.8. The van der Waals surface area contributed by atoms with Crippen molar-refractivity contribution in [1.82, 2.24) is 15.1 Å². The van der Waals surface area contributed by atoms with Crippen molar-refractivity contribution in [3.05, 3.63) is 41.7 Å². The fourth-order valence-corrected chi connectivity index (χ4v) is 2.22. The maximum Gasteiger partial charge on any atom is 0.161 e. The van der Waals surface area contributed by atoms with E-state index in [4.69, 9.17) is 9.47 Å². The second-order valence-electron chi connectivity index (χ2n) is 4.80. The van der Waals surface area contributed by atoms with Gasteiger partial charge in [-0.15, -0.1) is 0 Å². The van der Waals surface area contributed by atoms with E-state index in [1.165, 1.54) is 5.56 Å². The van der Waals surface area contributed by atoms with Crippen LogP contribution in [0.15, 0.2) is 30.5 Å². The van der Waals surface area contributed by atoms with Crippen LogP contribution < -0.4 is 14.8 Å². The number of nitrogens with one attached hydrogen (secondary N) is 1. The Hall–Kier alpha value is -2.01. The lowest BCUT2D eigenvalue weighted by atomic mass is 10.2. The van der Waals surface area contributed by atoms with Gasteiger partial charge in [0.05, 0.1) is 12.8 Å². The second kappa shape index (κ2) is 7.69. The van der Waals surface area contributed by atoms with Crippen LogP contribution in [0.1, 0.15) is 18.2 Å². The molecule has 114 valence electrons. The number of benzene rings is 1. The number of aromatic nitrogens is 2. The summed E-state index contributed by atoms with van der Waals surface area (Å²) in [6.07, 6.45) is 3.02. The van der Waals surface area contributed by atoms with Gasteiger partial charge in [0.2, 0.25) is 0 Å². The van der Waals surface area contributed by atoms with E-state index >= 15 is 0 Å². The topological polar surface area (TPSA) is 48.3 Å². The fraction of sp³-hybridized carbons (Fsp3) is 0.438. The standard InChI is InChI=1S/C16H23N3O2/c1-4-14-13(12-19(2)18-14)11-17-9-10-21-16-8-6-5-7-15(16)20-3/h5-8,12,17H,4,9-11H2,1-3H3. The molecule has 0 bridgehead atoms. The van der Waals surface area contributed by atoms with Gasteiger partial charge in [-0.05, 0) is 18.6 Å². The molecule has 0 amide bonds. The molecule has 1 heterocycles. The number of hydrogen-bond donors (Lipinski definition) is 1. The van der Waals surface area contributed by atoms with Gasteiger partial charge in [-0.2, -0.15) is 5.10 Å². The molecule has 1 N–H and O–H groups in total. The van der Waals surface area contributed by atoms with Crippen LogP contribution >= 0.6 is 0 Å². The number of aryl methyl sites for hydroxylation is 2. The van der Waals surface area contributed by atoms with Crippen LogP contribution in [0, 0.1) is 0 Å². The van der Waals surface area contributed by atoms with Crippen molar-refractivity contribution in [2.45, 2.75) is 19.9 Å². The van der Waals surface area contributed by atoms with Gasteiger partial charge in [0.25, 0.3) is 0 Å². The highest BCUT2D eigenvalue weighted by molar-refractivity contribution is 5.39. The van der Waals surface area contributed by atoms with Gasteiger partial charge in [0, 0.05) is 31.9 Å². The highest BCUT2D eigenvalue weighted by atomic mass is 16.5. The normalized spacial score (nSPS) is 10.6. The number of methoxy groups -OCH3 is 1. The van der Waals surface area contributed by atoms with Gasteiger partial charge < -0.3 is 14.8 Å². The third-order valence-electron chi connectivity index (χ3n) is 3.25. The third-order valence-corrected chi connectivity index (χ3v) is 3.25. The Morgan fingerprint density at radius 1 is 1.24 bits per heavy atom. The lowest BCUT2D eigenvalue weighted by Crippen LogP contribution is -2.21. The molecule has 0 atom stereocenters. The second-order valence-corrected chi connectivity index (χ2v) is 4.80. The number of nitrogens with zero attached hydrogens (tertiary/aromatic N) is 2. The first-order valence-corrected chi connectivity index (χ1v) is 7.22. The molecule has 5 heteroatoms. The minimum Gasteiger partial charge on any atom is -0.493 e. The Kier molecular flexibility index (Phi) is 5.63. The molecule has 1 aromatic carbocycles. The molecule has 0 unspecified atom stereocenters.